The average Bonchev–Trinajstić information content (AvgIpc) is 2.48. The van der Waals surface area contributed by atoms with Crippen LogP contribution >= 0.6 is 11.6 Å². The molecule has 0 aliphatic carbocycles. The molecule has 0 radical (unpaired) electrons. The van der Waals surface area contributed by atoms with Gasteiger partial charge < -0.3 is 0 Å². The van der Waals surface area contributed by atoms with Crippen LogP contribution in [0.3, 0.4) is 0 Å². The van der Waals surface area contributed by atoms with E-state index in [-0.39, 0.29) is 21.7 Å². The standard InChI is InChI=1S/C16H12ClF3N2O/c1-3-13-21-15-12(20)5-4-11(17)14(15)16(23)22(13)7-6-10(19)8-9(2)18/h4-8H,2-3H2,1H3/b7-6+,10-8+. The Morgan fingerprint density at radius 2 is 2.13 bits per heavy atom. The van der Waals surface area contributed by atoms with E-state index in [2.05, 4.69) is 11.6 Å². The van der Waals surface area contributed by atoms with Gasteiger partial charge in [0, 0.05) is 18.7 Å². The highest BCUT2D eigenvalue weighted by atomic mass is 35.5. The normalized spacial score (nSPS) is 12.3. The fourth-order valence-electron chi connectivity index (χ4n) is 2.02. The molecule has 1 aromatic carbocycles. The van der Waals surface area contributed by atoms with Crippen molar-refractivity contribution >= 4 is 28.7 Å². The third-order valence-electron chi connectivity index (χ3n) is 3.02. The fraction of sp³-hybridized carbons (Fsp3) is 0.125. The molecule has 1 aromatic heterocycles. The Labute approximate surface area is 135 Å². The van der Waals surface area contributed by atoms with E-state index in [0.717, 1.165) is 22.9 Å². The molecule has 0 fully saturated rings. The maximum atomic E-state index is 13.8. The number of fused-ring (bicyclic) bond motifs is 1. The summed E-state index contributed by atoms with van der Waals surface area (Å²) in [6, 6.07) is 2.36. The van der Waals surface area contributed by atoms with Gasteiger partial charge in [0.25, 0.3) is 5.56 Å². The molecule has 0 spiro atoms. The smallest absolute Gasteiger partial charge is 0.267 e. The maximum Gasteiger partial charge on any atom is 0.267 e. The van der Waals surface area contributed by atoms with Crippen LogP contribution in [0.4, 0.5) is 13.2 Å². The first-order chi connectivity index (χ1) is 10.8. The lowest BCUT2D eigenvalue weighted by Gasteiger charge is -2.09. The molecule has 0 atom stereocenters. The molecule has 2 aromatic rings. The number of nitrogens with zero attached hydrogens (tertiary/aromatic N) is 2. The minimum absolute atomic E-state index is 0.0388. The van der Waals surface area contributed by atoms with E-state index < -0.39 is 23.0 Å². The van der Waals surface area contributed by atoms with Gasteiger partial charge in [0.2, 0.25) is 0 Å². The first-order valence-corrected chi connectivity index (χ1v) is 7.01. The second kappa shape index (κ2) is 6.83. The summed E-state index contributed by atoms with van der Waals surface area (Å²) in [6.45, 7) is 4.61. The molecule has 23 heavy (non-hydrogen) atoms. The van der Waals surface area contributed by atoms with Gasteiger partial charge in [0.15, 0.2) is 0 Å². The molecule has 3 nitrogen and oxygen atoms in total. The van der Waals surface area contributed by atoms with Gasteiger partial charge in [0.05, 0.1) is 10.4 Å². The molecule has 0 saturated carbocycles. The summed E-state index contributed by atoms with van der Waals surface area (Å²) in [5, 5.41) is -0.0651. The van der Waals surface area contributed by atoms with Gasteiger partial charge in [-0.05, 0) is 18.2 Å². The van der Waals surface area contributed by atoms with Crippen molar-refractivity contribution in [3.05, 3.63) is 69.5 Å². The van der Waals surface area contributed by atoms with Crippen molar-refractivity contribution in [2.24, 2.45) is 0 Å². The van der Waals surface area contributed by atoms with Crippen LogP contribution in [0.15, 0.2) is 47.3 Å². The van der Waals surface area contributed by atoms with Crippen LogP contribution in [-0.4, -0.2) is 9.55 Å². The number of rotatable bonds is 4. The van der Waals surface area contributed by atoms with Crippen molar-refractivity contribution in [2.45, 2.75) is 13.3 Å². The molecule has 0 aliphatic heterocycles. The lowest BCUT2D eigenvalue weighted by molar-refractivity contribution is 0.632. The molecule has 7 heteroatoms. The van der Waals surface area contributed by atoms with E-state index in [1.807, 2.05) is 0 Å². The highest BCUT2D eigenvalue weighted by Gasteiger charge is 2.14. The summed E-state index contributed by atoms with van der Waals surface area (Å²) >= 11 is 5.94. The molecular formula is C16H12ClF3N2O. The van der Waals surface area contributed by atoms with Crippen LogP contribution in [0.5, 0.6) is 0 Å². The van der Waals surface area contributed by atoms with E-state index in [0.29, 0.717) is 12.5 Å². The van der Waals surface area contributed by atoms with Crippen molar-refractivity contribution in [2.75, 3.05) is 0 Å². The molecule has 120 valence electrons. The largest absolute Gasteiger partial charge is 0.271 e. The summed E-state index contributed by atoms with van der Waals surface area (Å²) in [4.78, 5) is 16.6. The van der Waals surface area contributed by atoms with Gasteiger partial charge in [-0.3, -0.25) is 9.36 Å². The second-order valence-corrected chi connectivity index (χ2v) is 5.01. The predicted molar refractivity (Wildman–Crippen MR) is 85.1 cm³/mol. The third-order valence-corrected chi connectivity index (χ3v) is 3.34. The van der Waals surface area contributed by atoms with Gasteiger partial charge in [-0.25, -0.2) is 18.2 Å². The van der Waals surface area contributed by atoms with E-state index in [1.165, 1.54) is 6.07 Å². The predicted octanol–water partition coefficient (Wildman–Crippen LogP) is 4.56. The molecule has 1 heterocycles. The molecule has 0 saturated heterocycles. The van der Waals surface area contributed by atoms with Crippen LogP contribution < -0.4 is 5.56 Å². The molecular weight excluding hydrogens is 329 g/mol. The van der Waals surface area contributed by atoms with Crippen LogP contribution in [-0.2, 0) is 6.42 Å². The molecule has 0 N–H and O–H groups in total. The topological polar surface area (TPSA) is 34.9 Å². The summed E-state index contributed by atoms with van der Waals surface area (Å²) < 4.78 is 40.8. The number of aryl methyl sites for hydroxylation is 1. The van der Waals surface area contributed by atoms with Gasteiger partial charge in [0.1, 0.15) is 28.8 Å². The minimum Gasteiger partial charge on any atom is -0.271 e. The summed E-state index contributed by atoms with van der Waals surface area (Å²) in [6.07, 6.45) is 2.83. The zero-order valence-electron chi connectivity index (χ0n) is 12.1. The molecule has 0 aliphatic rings. The second-order valence-electron chi connectivity index (χ2n) is 4.60. The Kier molecular flexibility index (Phi) is 5.05. The van der Waals surface area contributed by atoms with Gasteiger partial charge in [-0.2, -0.15) is 0 Å². The van der Waals surface area contributed by atoms with Crippen LogP contribution in [0.25, 0.3) is 17.1 Å². The highest BCUT2D eigenvalue weighted by molar-refractivity contribution is 6.35. The summed E-state index contributed by atoms with van der Waals surface area (Å²) in [7, 11) is 0. The van der Waals surface area contributed by atoms with E-state index in [4.69, 9.17) is 11.6 Å². The van der Waals surface area contributed by atoms with Crippen molar-refractivity contribution in [3.63, 3.8) is 0 Å². The highest BCUT2D eigenvalue weighted by Crippen LogP contribution is 2.22. The maximum absolute atomic E-state index is 13.8. The van der Waals surface area contributed by atoms with Crippen molar-refractivity contribution in [1.29, 1.82) is 0 Å². The molecule has 0 amide bonds. The van der Waals surface area contributed by atoms with Gasteiger partial charge in [-0.15, -0.1) is 0 Å². The summed E-state index contributed by atoms with van der Waals surface area (Å²) in [5.74, 6) is -2.35. The zero-order valence-corrected chi connectivity index (χ0v) is 12.9. The first-order valence-electron chi connectivity index (χ1n) is 6.64. The zero-order chi connectivity index (χ0) is 17.1. The fourth-order valence-corrected chi connectivity index (χ4v) is 2.25. The lowest BCUT2D eigenvalue weighted by atomic mass is 10.2. The van der Waals surface area contributed by atoms with Crippen LogP contribution in [0.2, 0.25) is 5.02 Å². The third kappa shape index (κ3) is 3.53. The average molecular weight is 341 g/mol. The molecule has 0 bridgehead atoms. The number of allylic oxidation sites excluding steroid dienone is 4. The van der Waals surface area contributed by atoms with Crippen LogP contribution in [0, 0.1) is 5.82 Å². The van der Waals surface area contributed by atoms with Crippen molar-refractivity contribution < 1.29 is 13.2 Å². The van der Waals surface area contributed by atoms with Gasteiger partial charge >= 0.3 is 0 Å². The van der Waals surface area contributed by atoms with Crippen molar-refractivity contribution in [1.82, 2.24) is 9.55 Å². The Morgan fingerprint density at radius 3 is 2.74 bits per heavy atom. The van der Waals surface area contributed by atoms with Gasteiger partial charge in [-0.1, -0.05) is 25.1 Å². The van der Waals surface area contributed by atoms with Crippen molar-refractivity contribution in [3.8, 4) is 0 Å². The number of hydrogen-bond acceptors (Lipinski definition) is 2. The quantitative estimate of drug-likeness (QED) is 0.765. The van der Waals surface area contributed by atoms with Crippen LogP contribution in [0.1, 0.15) is 12.7 Å². The monoisotopic (exact) mass is 340 g/mol. The Balaban J connectivity index is 2.71. The first kappa shape index (κ1) is 17.0. The Bertz CT molecular complexity index is 900. The molecule has 0 unspecified atom stereocenters. The number of aromatic nitrogens is 2. The van der Waals surface area contributed by atoms with E-state index in [9.17, 15) is 18.0 Å². The Hall–Kier alpha value is -2.34. The summed E-state index contributed by atoms with van der Waals surface area (Å²) in [5.41, 5.74) is -0.781. The Morgan fingerprint density at radius 1 is 1.43 bits per heavy atom. The number of benzene rings is 1. The SMILES string of the molecule is C=C(F)/C=C(F)\C=C\n1c(CC)nc2c(F)ccc(Cl)c2c1=O. The van der Waals surface area contributed by atoms with E-state index in [1.54, 1.807) is 6.92 Å². The molecule has 2 rings (SSSR count). The van der Waals surface area contributed by atoms with E-state index >= 15 is 0 Å². The minimum atomic E-state index is -0.961. The number of halogens is 4. The lowest BCUT2D eigenvalue weighted by Crippen LogP contribution is -2.22. The number of hydrogen-bond donors (Lipinski definition) is 0.